The van der Waals surface area contributed by atoms with Gasteiger partial charge in [-0.3, -0.25) is 0 Å². The van der Waals surface area contributed by atoms with Crippen molar-refractivity contribution in [3.8, 4) is 0 Å². The van der Waals surface area contributed by atoms with Gasteiger partial charge in [-0.2, -0.15) is 0 Å². The molecule has 2 aromatic rings. The molecule has 2 atom stereocenters. The zero-order chi connectivity index (χ0) is 13.5. The topological polar surface area (TPSA) is 109 Å². The van der Waals surface area contributed by atoms with Gasteiger partial charge in [0.2, 0.25) is 0 Å². The summed E-state index contributed by atoms with van der Waals surface area (Å²) in [7, 11) is -3.20. The standard InChI is InChI=1S/C11H15N3O3S/c1-6(18(2,16)17)10(12)7-3-4-8-9(5-7)14-11(15)13-8/h3-6,10H,12H2,1-2H3,(H2,13,14,15). The van der Waals surface area contributed by atoms with Crippen molar-refractivity contribution < 1.29 is 8.42 Å². The normalized spacial score (nSPS) is 15.7. The molecule has 0 spiro atoms. The summed E-state index contributed by atoms with van der Waals surface area (Å²) in [5.41, 5.74) is 7.61. The van der Waals surface area contributed by atoms with E-state index in [0.717, 1.165) is 6.26 Å². The van der Waals surface area contributed by atoms with Crippen molar-refractivity contribution in [1.29, 1.82) is 0 Å². The number of H-pyrrole nitrogens is 2. The van der Waals surface area contributed by atoms with Crippen molar-refractivity contribution in [1.82, 2.24) is 9.97 Å². The van der Waals surface area contributed by atoms with E-state index in [1.54, 1.807) is 25.1 Å². The highest BCUT2D eigenvalue weighted by molar-refractivity contribution is 7.91. The van der Waals surface area contributed by atoms with Gasteiger partial charge in [-0.1, -0.05) is 6.07 Å². The first kappa shape index (κ1) is 12.8. The molecule has 7 heteroatoms. The van der Waals surface area contributed by atoms with Crippen molar-refractivity contribution in [2.24, 2.45) is 5.73 Å². The minimum absolute atomic E-state index is 0.299. The average molecular weight is 269 g/mol. The van der Waals surface area contributed by atoms with Crippen LogP contribution in [0.3, 0.4) is 0 Å². The number of rotatable bonds is 3. The summed E-state index contributed by atoms with van der Waals surface area (Å²) in [6.45, 7) is 1.57. The van der Waals surface area contributed by atoms with Crippen LogP contribution in [0.4, 0.5) is 0 Å². The molecule has 0 fully saturated rings. The second kappa shape index (κ2) is 4.25. The Morgan fingerprint density at radius 2 is 1.83 bits per heavy atom. The molecule has 1 heterocycles. The molecule has 0 radical (unpaired) electrons. The number of aromatic amines is 2. The van der Waals surface area contributed by atoms with E-state index in [9.17, 15) is 13.2 Å². The molecule has 0 saturated heterocycles. The maximum Gasteiger partial charge on any atom is 0.323 e. The Labute approximate surface area is 104 Å². The third kappa shape index (κ3) is 2.32. The molecule has 4 N–H and O–H groups in total. The lowest BCUT2D eigenvalue weighted by atomic mass is 10.0. The minimum atomic E-state index is -3.20. The van der Waals surface area contributed by atoms with Crippen LogP contribution in [-0.4, -0.2) is 29.9 Å². The lowest BCUT2D eigenvalue weighted by molar-refractivity contribution is 0.571. The van der Waals surface area contributed by atoms with E-state index < -0.39 is 21.1 Å². The quantitative estimate of drug-likeness (QED) is 0.744. The summed E-state index contributed by atoms with van der Waals surface area (Å²) in [6, 6.07) is 4.50. The molecule has 2 rings (SSSR count). The van der Waals surface area contributed by atoms with Crippen molar-refractivity contribution >= 4 is 20.9 Å². The van der Waals surface area contributed by atoms with Gasteiger partial charge in [-0.15, -0.1) is 0 Å². The molecule has 18 heavy (non-hydrogen) atoms. The third-order valence-electron chi connectivity index (χ3n) is 3.11. The maximum atomic E-state index is 11.5. The molecule has 0 aliphatic rings. The fraction of sp³-hybridized carbons (Fsp3) is 0.364. The molecule has 6 nitrogen and oxygen atoms in total. The first-order valence-corrected chi connectivity index (χ1v) is 7.41. The maximum absolute atomic E-state index is 11.5. The molecule has 0 aliphatic heterocycles. The number of hydrogen-bond donors (Lipinski definition) is 3. The molecule has 1 aromatic heterocycles. The summed E-state index contributed by atoms with van der Waals surface area (Å²) in [6.07, 6.45) is 1.16. The Bertz CT molecular complexity index is 729. The molecule has 2 unspecified atom stereocenters. The molecule has 98 valence electrons. The molecule has 0 amide bonds. The first-order valence-electron chi connectivity index (χ1n) is 5.45. The first-order chi connectivity index (χ1) is 8.29. The molecule has 0 saturated carbocycles. The number of fused-ring (bicyclic) bond motifs is 1. The van der Waals surface area contributed by atoms with E-state index in [1.807, 2.05) is 0 Å². The van der Waals surface area contributed by atoms with Gasteiger partial charge in [0.15, 0.2) is 9.84 Å². The fourth-order valence-electron chi connectivity index (χ4n) is 1.79. The van der Waals surface area contributed by atoms with E-state index in [2.05, 4.69) is 9.97 Å². The Morgan fingerprint density at radius 1 is 1.22 bits per heavy atom. The highest BCUT2D eigenvalue weighted by atomic mass is 32.2. The molecule has 0 bridgehead atoms. The van der Waals surface area contributed by atoms with E-state index in [-0.39, 0.29) is 5.69 Å². The number of imidazole rings is 1. The second-order valence-electron chi connectivity index (χ2n) is 4.44. The lowest BCUT2D eigenvalue weighted by Gasteiger charge is -2.18. The predicted octanol–water partition coefficient (Wildman–Crippen LogP) is 0.289. The number of sulfone groups is 1. The van der Waals surface area contributed by atoms with Gasteiger partial charge in [0.1, 0.15) is 0 Å². The van der Waals surface area contributed by atoms with Crippen LogP contribution < -0.4 is 11.4 Å². The Balaban J connectivity index is 2.45. The number of hydrogen-bond acceptors (Lipinski definition) is 4. The van der Waals surface area contributed by atoms with Crippen LogP contribution in [0.2, 0.25) is 0 Å². The van der Waals surface area contributed by atoms with Crippen LogP contribution in [0.15, 0.2) is 23.0 Å². The number of nitrogens with two attached hydrogens (primary N) is 1. The highest BCUT2D eigenvalue weighted by Gasteiger charge is 2.24. The van der Waals surface area contributed by atoms with E-state index in [0.29, 0.717) is 16.6 Å². The highest BCUT2D eigenvalue weighted by Crippen LogP contribution is 2.21. The fourth-order valence-corrected chi connectivity index (χ4v) is 2.48. The van der Waals surface area contributed by atoms with Crippen LogP contribution in [0.5, 0.6) is 0 Å². The number of nitrogens with one attached hydrogen (secondary N) is 2. The average Bonchev–Trinajstić information content (AvgIpc) is 2.64. The Kier molecular flexibility index (Phi) is 3.04. The summed E-state index contributed by atoms with van der Waals surface area (Å²) in [5.74, 6) is 0. The van der Waals surface area contributed by atoms with Crippen molar-refractivity contribution in [3.05, 3.63) is 34.2 Å². The summed E-state index contributed by atoms with van der Waals surface area (Å²) >= 11 is 0. The molecular weight excluding hydrogens is 254 g/mol. The SMILES string of the molecule is CC(C(N)c1ccc2[nH]c(=O)[nH]c2c1)S(C)(=O)=O. The number of aromatic nitrogens is 2. The van der Waals surface area contributed by atoms with Gasteiger partial charge < -0.3 is 15.7 Å². The molecule has 0 aliphatic carbocycles. The van der Waals surface area contributed by atoms with Crippen LogP contribution in [-0.2, 0) is 9.84 Å². The van der Waals surface area contributed by atoms with Gasteiger partial charge in [0, 0.05) is 12.3 Å². The van der Waals surface area contributed by atoms with E-state index in [4.69, 9.17) is 5.73 Å². The largest absolute Gasteiger partial charge is 0.323 e. The third-order valence-corrected chi connectivity index (χ3v) is 4.75. The smallest absolute Gasteiger partial charge is 0.323 e. The monoisotopic (exact) mass is 269 g/mol. The second-order valence-corrected chi connectivity index (χ2v) is 6.85. The zero-order valence-corrected chi connectivity index (χ0v) is 10.9. The van der Waals surface area contributed by atoms with Crippen molar-refractivity contribution in [3.63, 3.8) is 0 Å². The summed E-state index contributed by atoms with van der Waals surface area (Å²) < 4.78 is 22.9. The number of benzene rings is 1. The van der Waals surface area contributed by atoms with E-state index in [1.165, 1.54) is 0 Å². The van der Waals surface area contributed by atoms with Crippen LogP contribution in [0.25, 0.3) is 11.0 Å². The zero-order valence-electron chi connectivity index (χ0n) is 10.1. The van der Waals surface area contributed by atoms with Crippen LogP contribution >= 0.6 is 0 Å². The minimum Gasteiger partial charge on any atom is -0.323 e. The van der Waals surface area contributed by atoms with Crippen molar-refractivity contribution in [2.45, 2.75) is 18.2 Å². The Morgan fingerprint density at radius 3 is 2.44 bits per heavy atom. The van der Waals surface area contributed by atoms with Crippen LogP contribution in [0, 0.1) is 0 Å². The Hall–Kier alpha value is -1.60. The van der Waals surface area contributed by atoms with Gasteiger partial charge >= 0.3 is 5.69 Å². The summed E-state index contributed by atoms with van der Waals surface area (Å²) in [5, 5.41) is -0.680. The predicted molar refractivity (Wildman–Crippen MR) is 70.2 cm³/mol. The van der Waals surface area contributed by atoms with E-state index >= 15 is 0 Å². The van der Waals surface area contributed by atoms with Gasteiger partial charge in [-0.25, -0.2) is 13.2 Å². The van der Waals surface area contributed by atoms with Crippen molar-refractivity contribution in [2.75, 3.05) is 6.26 Å². The summed E-state index contributed by atoms with van der Waals surface area (Å²) in [4.78, 5) is 16.4. The van der Waals surface area contributed by atoms with Gasteiger partial charge in [0.05, 0.1) is 16.3 Å². The van der Waals surface area contributed by atoms with Gasteiger partial charge in [0.25, 0.3) is 0 Å². The van der Waals surface area contributed by atoms with Crippen LogP contribution in [0.1, 0.15) is 18.5 Å². The molecule has 1 aromatic carbocycles. The molecular formula is C11H15N3O3S. The van der Waals surface area contributed by atoms with Gasteiger partial charge in [-0.05, 0) is 24.6 Å². The lowest BCUT2D eigenvalue weighted by Crippen LogP contribution is -2.30.